The van der Waals surface area contributed by atoms with Crippen molar-refractivity contribution in [3.63, 3.8) is 0 Å². The van der Waals surface area contributed by atoms with Gasteiger partial charge in [0.15, 0.2) is 5.82 Å². The molecule has 21 heavy (non-hydrogen) atoms. The topological polar surface area (TPSA) is 96.4 Å². The lowest BCUT2D eigenvalue weighted by molar-refractivity contribution is 0.0696. The lowest BCUT2D eigenvalue weighted by Crippen LogP contribution is -2.15. The number of aryl methyl sites for hydroxylation is 1. The van der Waals surface area contributed by atoms with Crippen molar-refractivity contribution >= 4 is 33.4 Å². The number of carbonyl (C=O) groups is 1. The Morgan fingerprint density at radius 2 is 2.05 bits per heavy atom. The molecule has 0 saturated heterocycles. The summed E-state index contributed by atoms with van der Waals surface area (Å²) in [4.78, 5) is 14.7. The molecule has 0 atom stereocenters. The summed E-state index contributed by atoms with van der Waals surface area (Å²) >= 11 is 5.84. The number of pyridine rings is 1. The molecule has 0 radical (unpaired) electrons. The number of hydrogen-bond donors (Lipinski definition) is 2. The first kappa shape index (κ1) is 15.3. The van der Waals surface area contributed by atoms with Crippen LogP contribution in [0.5, 0.6) is 0 Å². The zero-order valence-corrected chi connectivity index (χ0v) is 12.4. The smallest absolute Gasteiger partial charge is 0.335 e. The summed E-state index contributed by atoms with van der Waals surface area (Å²) in [5.74, 6) is -1.21. The molecule has 0 aliphatic rings. The van der Waals surface area contributed by atoms with Gasteiger partial charge in [-0.05, 0) is 36.8 Å². The molecule has 1 aromatic carbocycles. The van der Waals surface area contributed by atoms with E-state index >= 15 is 0 Å². The number of carboxylic acid groups (broad SMARTS) is 1. The van der Waals surface area contributed by atoms with E-state index < -0.39 is 16.0 Å². The number of nitrogens with one attached hydrogen (secondary N) is 1. The highest BCUT2D eigenvalue weighted by molar-refractivity contribution is 7.92. The fourth-order valence-electron chi connectivity index (χ4n) is 1.65. The molecular formula is C13H11ClN2O4S. The number of aromatic carboxylic acids is 1. The van der Waals surface area contributed by atoms with Crippen LogP contribution in [-0.2, 0) is 10.0 Å². The van der Waals surface area contributed by atoms with E-state index in [4.69, 9.17) is 16.7 Å². The van der Waals surface area contributed by atoms with E-state index in [2.05, 4.69) is 9.71 Å². The number of anilines is 1. The fourth-order valence-corrected chi connectivity index (χ4v) is 2.93. The third kappa shape index (κ3) is 3.32. The summed E-state index contributed by atoms with van der Waals surface area (Å²) in [5.41, 5.74) is 0.391. The normalized spacial score (nSPS) is 11.1. The van der Waals surface area contributed by atoms with Gasteiger partial charge in [0.2, 0.25) is 0 Å². The Bertz CT molecular complexity index is 806. The van der Waals surface area contributed by atoms with Gasteiger partial charge in [0.25, 0.3) is 10.0 Å². The second-order valence-electron chi connectivity index (χ2n) is 4.22. The molecule has 2 N–H and O–H groups in total. The lowest BCUT2D eigenvalue weighted by Gasteiger charge is -2.10. The average molecular weight is 327 g/mol. The highest BCUT2D eigenvalue weighted by Crippen LogP contribution is 2.22. The van der Waals surface area contributed by atoms with Crippen LogP contribution in [-0.4, -0.2) is 24.5 Å². The molecule has 0 aliphatic heterocycles. The number of nitrogens with zero attached hydrogens (tertiary/aromatic N) is 1. The molecule has 0 aliphatic carbocycles. The van der Waals surface area contributed by atoms with Gasteiger partial charge in [-0.2, -0.15) is 0 Å². The number of carboxylic acids is 1. The molecule has 8 heteroatoms. The van der Waals surface area contributed by atoms with Crippen LogP contribution in [0.15, 0.2) is 41.4 Å². The minimum atomic E-state index is -3.97. The fraction of sp³-hybridized carbons (Fsp3) is 0.0769. The Morgan fingerprint density at radius 3 is 2.67 bits per heavy atom. The van der Waals surface area contributed by atoms with E-state index in [0.29, 0.717) is 5.56 Å². The molecular weight excluding hydrogens is 316 g/mol. The molecule has 6 nitrogen and oxygen atoms in total. The standard InChI is InChI=1S/C13H11ClN2O4S/c1-8-4-5-9(7-10(8)13(17)18)21(19,20)16-12-11(14)3-2-6-15-12/h2-7H,1H3,(H,15,16)(H,17,18). The third-order valence-electron chi connectivity index (χ3n) is 2.74. The van der Waals surface area contributed by atoms with Gasteiger partial charge in [-0.1, -0.05) is 17.7 Å². The van der Waals surface area contributed by atoms with Crippen LogP contribution >= 0.6 is 11.6 Å². The number of sulfonamides is 1. The van der Waals surface area contributed by atoms with Crippen molar-refractivity contribution in [2.75, 3.05) is 4.72 Å². The second kappa shape index (κ2) is 5.71. The van der Waals surface area contributed by atoms with Crippen molar-refractivity contribution < 1.29 is 18.3 Å². The van der Waals surface area contributed by atoms with Crippen LogP contribution in [0, 0.1) is 6.92 Å². The van der Waals surface area contributed by atoms with Crippen LogP contribution in [0.2, 0.25) is 5.02 Å². The second-order valence-corrected chi connectivity index (χ2v) is 6.31. The van der Waals surface area contributed by atoms with Crippen molar-refractivity contribution in [3.8, 4) is 0 Å². The van der Waals surface area contributed by atoms with Crippen molar-refractivity contribution in [2.24, 2.45) is 0 Å². The molecule has 1 heterocycles. The Balaban J connectivity index is 2.43. The first-order chi connectivity index (χ1) is 9.81. The number of benzene rings is 1. The number of halogens is 1. The largest absolute Gasteiger partial charge is 0.478 e. The van der Waals surface area contributed by atoms with Crippen LogP contribution in [0.3, 0.4) is 0 Å². The Kier molecular flexibility index (Phi) is 4.15. The minimum Gasteiger partial charge on any atom is -0.478 e. The van der Waals surface area contributed by atoms with Gasteiger partial charge in [-0.15, -0.1) is 0 Å². The van der Waals surface area contributed by atoms with E-state index in [-0.39, 0.29) is 21.3 Å². The summed E-state index contributed by atoms with van der Waals surface area (Å²) < 4.78 is 26.7. The van der Waals surface area contributed by atoms with Gasteiger partial charge in [0.1, 0.15) is 0 Å². The molecule has 1 aromatic heterocycles. The minimum absolute atomic E-state index is 0.0170. The summed E-state index contributed by atoms with van der Waals surface area (Å²) in [6.45, 7) is 1.59. The van der Waals surface area contributed by atoms with E-state index in [0.717, 1.165) is 6.07 Å². The number of hydrogen-bond acceptors (Lipinski definition) is 4. The quantitative estimate of drug-likeness (QED) is 0.900. The molecule has 2 rings (SSSR count). The number of aromatic nitrogens is 1. The zero-order chi connectivity index (χ0) is 15.6. The Morgan fingerprint density at radius 1 is 1.33 bits per heavy atom. The van der Waals surface area contributed by atoms with E-state index in [1.807, 2.05) is 0 Å². The maximum atomic E-state index is 12.2. The maximum absolute atomic E-state index is 12.2. The molecule has 0 bridgehead atoms. The predicted octanol–water partition coefficient (Wildman–Crippen LogP) is 2.54. The van der Waals surface area contributed by atoms with Crippen molar-refractivity contribution in [3.05, 3.63) is 52.7 Å². The summed E-state index contributed by atoms with van der Waals surface area (Å²) in [6.07, 6.45) is 1.39. The summed E-state index contributed by atoms with van der Waals surface area (Å²) in [6, 6.07) is 6.90. The predicted molar refractivity (Wildman–Crippen MR) is 78.2 cm³/mol. The number of rotatable bonds is 4. The molecule has 0 amide bonds. The summed E-state index contributed by atoms with van der Waals surface area (Å²) in [7, 11) is -3.97. The van der Waals surface area contributed by atoms with Crippen molar-refractivity contribution in [2.45, 2.75) is 11.8 Å². The third-order valence-corrected chi connectivity index (χ3v) is 4.38. The SMILES string of the molecule is Cc1ccc(S(=O)(=O)Nc2ncccc2Cl)cc1C(=O)O. The highest BCUT2D eigenvalue weighted by Gasteiger charge is 2.19. The van der Waals surface area contributed by atoms with Gasteiger partial charge in [-0.3, -0.25) is 4.72 Å². The van der Waals surface area contributed by atoms with Crippen molar-refractivity contribution in [1.29, 1.82) is 0 Å². The monoisotopic (exact) mass is 326 g/mol. The molecule has 0 saturated carbocycles. The van der Waals surface area contributed by atoms with Crippen LogP contribution in [0.25, 0.3) is 0 Å². The zero-order valence-electron chi connectivity index (χ0n) is 10.9. The van der Waals surface area contributed by atoms with Gasteiger partial charge in [-0.25, -0.2) is 18.2 Å². The molecule has 0 fully saturated rings. The van der Waals surface area contributed by atoms with Crippen LogP contribution < -0.4 is 4.72 Å². The van der Waals surface area contributed by atoms with E-state index in [1.165, 1.54) is 24.4 Å². The van der Waals surface area contributed by atoms with Crippen LogP contribution in [0.1, 0.15) is 15.9 Å². The Labute approximate surface area is 126 Å². The molecule has 2 aromatic rings. The van der Waals surface area contributed by atoms with Crippen LogP contribution in [0.4, 0.5) is 5.82 Å². The Hall–Kier alpha value is -2.12. The van der Waals surface area contributed by atoms with Gasteiger partial charge >= 0.3 is 5.97 Å². The molecule has 110 valence electrons. The van der Waals surface area contributed by atoms with Gasteiger partial charge in [0.05, 0.1) is 15.5 Å². The first-order valence-corrected chi connectivity index (χ1v) is 7.64. The van der Waals surface area contributed by atoms with E-state index in [1.54, 1.807) is 13.0 Å². The first-order valence-electron chi connectivity index (χ1n) is 5.78. The van der Waals surface area contributed by atoms with E-state index in [9.17, 15) is 13.2 Å². The highest BCUT2D eigenvalue weighted by atomic mass is 35.5. The molecule has 0 spiro atoms. The lowest BCUT2D eigenvalue weighted by atomic mass is 10.1. The molecule has 0 unspecified atom stereocenters. The van der Waals surface area contributed by atoms with Crippen molar-refractivity contribution in [1.82, 2.24) is 4.98 Å². The van der Waals surface area contributed by atoms with Gasteiger partial charge in [0, 0.05) is 6.20 Å². The van der Waals surface area contributed by atoms with Gasteiger partial charge < -0.3 is 5.11 Å². The average Bonchev–Trinajstić information content (AvgIpc) is 2.41. The summed E-state index contributed by atoms with van der Waals surface area (Å²) in [5, 5.41) is 9.19. The maximum Gasteiger partial charge on any atom is 0.335 e.